The van der Waals surface area contributed by atoms with E-state index in [0.29, 0.717) is 0 Å². The van der Waals surface area contributed by atoms with Gasteiger partial charge < -0.3 is 9.64 Å². The second-order valence-corrected chi connectivity index (χ2v) is 4.59. The van der Waals surface area contributed by atoms with Gasteiger partial charge in [0.05, 0.1) is 18.5 Å². The Morgan fingerprint density at radius 2 is 1.57 bits per heavy atom. The van der Waals surface area contributed by atoms with Crippen LogP contribution in [0.5, 0.6) is 5.75 Å². The monoisotopic (exact) mass is 283 g/mol. The van der Waals surface area contributed by atoms with Gasteiger partial charge in [0.2, 0.25) is 0 Å². The Morgan fingerprint density at radius 3 is 2.19 bits per heavy atom. The number of methoxy groups -OCH3 is 1. The first-order chi connectivity index (χ1) is 10.3. The van der Waals surface area contributed by atoms with E-state index in [1.165, 1.54) is 5.69 Å². The molecule has 0 amide bonds. The molecule has 4 nitrogen and oxygen atoms in total. The van der Waals surface area contributed by atoms with E-state index in [1.54, 1.807) is 7.11 Å². The van der Waals surface area contributed by atoms with Crippen LogP contribution in [0.3, 0.4) is 0 Å². The zero-order chi connectivity index (χ0) is 15.1. The zero-order valence-electron chi connectivity index (χ0n) is 12.8. The number of ether oxygens (including phenoxy) is 1. The first kappa shape index (κ1) is 15.0. The molecule has 0 aliphatic heterocycles. The summed E-state index contributed by atoms with van der Waals surface area (Å²) in [6.07, 6.45) is 0. The summed E-state index contributed by atoms with van der Waals surface area (Å²) in [6.45, 7) is 6.31. The van der Waals surface area contributed by atoms with Crippen molar-refractivity contribution in [3.05, 3.63) is 48.5 Å². The maximum atomic E-state index is 5.17. The number of anilines is 1. The van der Waals surface area contributed by atoms with Crippen molar-refractivity contribution in [1.82, 2.24) is 0 Å². The van der Waals surface area contributed by atoms with Gasteiger partial charge in [0, 0.05) is 24.8 Å². The van der Waals surface area contributed by atoms with Crippen LogP contribution >= 0.6 is 0 Å². The van der Waals surface area contributed by atoms with Crippen molar-refractivity contribution in [1.29, 1.82) is 0 Å². The number of azo groups is 1. The Hall–Kier alpha value is -2.36. The molecule has 0 saturated heterocycles. The van der Waals surface area contributed by atoms with Crippen LogP contribution < -0.4 is 9.64 Å². The highest BCUT2D eigenvalue weighted by atomic mass is 16.5. The molecule has 0 radical (unpaired) electrons. The van der Waals surface area contributed by atoms with E-state index >= 15 is 0 Å². The van der Waals surface area contributed by atoms with Crippen LogP contribution in [-0.4, -0.2) is 20.2 Å². The topological polar surface area (TPSA) is 37.2 Å². The fourth-order valence-corrected chi connectivity index (χ4v) is 2.11. The average molecular weight is 283 g/mol. The van der Waals surface area contributed by atoms with E-state index in [1.807, 2.05) is 36.4 Å². The SMILES string of the molecule is CCN(CC)c1ccc(N=Nc2cccc(OC)c2)cc1. The minimum absolute atomic E-state index is 0.780. The van der Waals surface area contributed by atoms with Crippen molar-refractivity contribution in [2.75, 3.05) is 25.1 Å². The summed E-state index contributed by atoms with van der Waals surface area (Å²) < 4.78 is 5.17. The third kappa shape index (κ3) is 4.05. The number of benzene rings is 2. The van der Waals surface area contributed by atoms with E-state index in [-0.39, 0.29) is 0 Å². The summed E-state index contributed by atoms with van der Waals surface area (Å²) in [6, 6.07) is 15.7. The first-order valence-electron chi connectivity index (χ1n) is 7.17. The quantitative estimate of drug-likeness (QED) is 0.703. The van der Waals surface area contributed by atoms with Gasteiger partial charge in [0.25, 0.3) is 0 Å². The third-order valence-electron chi connectivity index (χ3n) is 3.31. The predicted octanol–water partition coefficient (Wildman–Crippen LogP) is 4.96. The molecule has 110 valence electrons. The number of nitrogens with zero attached hydrogens (tertiary/aromatic N) is 3. The summed E-state index contributed by atoms with van der Waals surface area (Å²) in [5.41, 5.74) is 2.83. The Morgan fingerprint density at radius 1 is 0.905 bits per heavy atom. The van der Waals surface area contributed by atoms with Crippen molar-refractivity contribution in [2.24, 2.45) is 10.2 Å². The summed E-state index contributed by atoms with van der Waals surface area (Å²) in [5, 5.41) is 8.49. The molecule has 0 fully saturated rings. The lowest BCUT2D eigenvalue weighted by molar-refractivity contribution is 0.415. The molecule has 0 atom stereocenters. The first-order valence-corrected chi connectivity index (χ1v) is 7.17. The molecule has 4 heteroatoms. The van der Waals surface area contributed by atoms with Gasteiger partial charge in [0.1, 0.15) is 5.75 Å². The largest absolute Gasteiger partial charge is 0.497 e. The summed E-state index contributed by atoms with van der Waals surface area (Å²) in [4.78, 5) is 2.29. The van der Waals surface area contributed by atoms with Gasteiger partial charge in [-0.15, -0.1) is 0 Å². The van der Waals surface area contributed by atoms with E-state index < -0.39 is 0 Å². The minimum Gasteiger partial charge on any atom is -0.497 e. The van der Waals surface area contributed by atoms with Crippen LogP contribution in [0.4, 0.5) is 17.1 Å². The molecule has 0 aliphatic rings. The Balaban J connectivity index is 2.10. The highest BCUT2D eigenvalue weighted by Crippen LogP contribution is 2.24. The highest BCUT2D eigenvalue weighted by molar-refractivity contribution is 5.53. The second kappa shape index (κ2) is 7.43. The van der Waals surface area contributed by atoms with Gasteiger partial charge in [-0.2, -0.15) is 10.2 Å². The Kier molecular flexibility index (Phi) is 5.32. The van der Waals surface area contributed by atoms with Gasteiger partial charge in [0.15, 0.2) is 0 Å². The highest BCUT2D eigenvalue weighted by Gasteiger charge is 2.01. The van der Waals surface area contributed by atoms with Crippen molar-refractivity contribution in [2.45, 2.75) is 13.8 Å². The summed E-state index contributed by atoms with van der Waals surface area (Å²) in [7, 11) is 1.64. The van der Waals surface area contributed by atoms with Crippen molar-refractivity contribution >= 4 is 17.1 Å². The van der Waals surface area contributed by atoms with Crippen LogP contribution in [-0.2, 0) is 0 Å². The Bertz CT molecular complexity index is 589. The number of hydrogen-bond donors (Lipinski definition) is 0. The number of rotatable bonds is 6. The molecule has 0 bridgehead atoms. The number of hydrogen-bond acceptors (Lipinski definition) is 4. The van der Waals surface area contributed by atoms with E-state index in [0.717, 1.165) is 30.2 Å². The predicted molar refractivity (Wildman–Crippen MR) is 87.2 cm³/mol. The van der Waals surface area contributed by atoms with Crippen molar-refractivity contribution in [3.8, 4) is 5.75 Å². The molecule has 0 aromatic heterocycles. The standard InChI is InChI=1S/C17H21N3O/c1-4-20(5-2)16-11-9-14(10-12-16)18-19-15-7-6-8-17(13-15)21-3/h6-13H,4-5H2,1-3H3. The average Bonchev–Trinajstić information content (AvgIpc) is 2.55. The molecular weight excluding hydrogens is 262 g/mol. The van der Waals surface area contributed by atoms with Crippen LogP contribution in [0, 0.1) is 0 Å². The van der Waals surface area contributed by atoms with Crippen LogP contribution in [0.2, 0.25) is 0 Å². The molecule has 0 saturated carbocycles. The van der Waals surface area contributed by atoms with Crippen LogP contribution in [0.1, 0.15) is 13.8 Å². The zero-order valence-corrected chi connectivity index (χ0v) is 12.8. The van der Waals surface area contributed by atoms with Gasteiger partial charge in [-0.3, -0.25) is 0 Å². The van der Waals surface area contributed by atoms with E-state index in [4.69, 9.17) is 4.74 Å². The molecule has 21 heavy (non-hydrogen) atoms. The van der Waals surface area contributed by atoms with Gasteiger partial charge in [-0.1, -0.05) is 6.07 Å². The molecule has 2 aromatic carbocycles. The van der Waals surface area contributed by atoms with E-state index in [2.05, 4.69) is 41.1 Å². The van der Waals surface area contributed by atoms with E-state index in [9.17, 15) is 0 Å². The molecule has 0 heterocycles. The second-order valence-electron chi connectivity index (χ2n) is 4.59. The maximum absolute atomic E-state index is 5.17. The lowest BCUT2D eigenvalue weighted by Gasteiger charge is -2.20. The fourth-order valence-electron chi connectivity index (χ4n) is 2.11. The third-order valence-corrected chi connectivity index (χ3v) is 3.31. The summed E-state index contributed by atoms with van der Waals surface area (Å²) in [5.74, 6) is 0.781. The minimum atomic E-state index is 0.780. The molecule has 2 aromatic rings. The molecule has 0 aliphatic carbocycles. The van der Waals surface area contributed by atoms with Crippen molar-refractivity contribution < 1.29 is 4.74 Å². The Labute approximate surface area is 126 Å². The molecule has 0 N–H and O–H groups in total. The smallest absolute Gasteiger partial charge is 0.121 e. The normalized spacial score (nSPS) is 10.8. The fraction of sp³-hybridized carbons (Fsp3) is 0.294. The van der Waals surface area contributed by atoms with Crippen molar-refractivity contribution in [3.63, 3.8) is 0 Å². The van der Waals surface area contributed by atoms with Crippen LogP contribution in [0.15, 0.2) is 58.8 Å². The molecule has 0 spiro atoms. The summed E-state index contributed by atoms with van der Waals surface area (Å²) >= 11 is 0. The lowest BCUT2D eigenvalue weighted by atomic mass is 10.2. The van der Waals surface area contributed by atoms with Gasteiger partial charge in [-0.25, -0.2) is 0 Å². The molecule has 2 rings (SSSR count). The lowest BCUT2D eigenvalue weighted by Crippen LogP contribution is -2.21. The van der Waals surface area contributed by atoms with Gasteiger partial charge >= 0.3 is 0 Å². The maximum Gasteiger partial charge on any atom is 0.121 e. The molecular formula is C17H21N3O. The van der Waals surface area contributed by atoms with Gasteiger partial charge in [-0.05, 0) is 50.2 Å². The van der Waals surface area contributed by atoms with Crippen LogP contribution in [0.25, 0.3) is 0 Å². The molecule has 0 unspecified atom stereocenters.